The molecule has 0 saturated carbocycles. The molecule has 1 aliphatic rings. The molecule has 1 atom stereocenters. The number of carbonyl (C=O) groups excluding carboxylic acids is 1. The van der Waals surface area contributed by atoms with Gasteiger partial charge < -0.3 is 14.8 Å². The first-order valence-corrected chi connectivity index (χ1v) is 13.6. The van der Waals surface area contributed by atoms with E-state index in [1.807, 2.05) is 0 Å². The number of β-amino-alcohol motifs (C(OH)–C–C–N with tert-alkyl or cyclic N) is 2. The molecule has 1 heterocycles. The van der Waals surface area contributed by atoms with E-state index in [1.54, 1.807) is 9.48 Å². The molecule has 0 aromatic carbocycles. The third-order valence-corrected chi connectivity index (χ3v) is 6.39. The van der Waals surface area contributed by atoms with Crippen LogP contribution in [0.3, 0.4) is 0 Å². The fraction of sp³-hybridized carbons (Fsp3) is 0.826. The molecule has 0 saturated heterocycles. The Morgan fingerprint density at radius 1 is 1.12 bits per heavy atom. The molecule has 1 rings (SSSR count). The molecule has 33 heavy (non-hydrogen) atoms. The van der Waals surface area contributed by atoms with E-state index in [4.69, 9.17) is 0 Å². The Labute approximate surface area is 222 Å². The summed E-state index contributed by atoms with van der Waals surface area (Å²) < 4.78 is 34.3. The number of nitrogens with zero attached hydrogens (tertiary/aromatic N) is 2. The molecule has 8 nitrogen and oxygen atoms in total. The third-order valence-electron chi connectivity index (χ3n) is 5.60. The van der Waals surface area contributed by atoms with E-state index in [2.05, 4.69) is 19.1 Å². The van der Waals surface area contributed by atoms with Gasteiger partial charge in [0, 0.05) is 6.42 Å². The van der Waals surface area contributed by atoms with Gasteiger partial charge in [0.15, 0.2) is 0 Å². The first-order chi connectivity index (χ1) is 15.3. The number of allylic oxidation sites excluding steroid dienone is 2. The van der Waals surface area contributed by atoms with Crippen molar-refractivity contribution >= 4 is 21.7 Å². The second-order valence-electron chi connectivity index (χ2n) is 8.56. The molecule has 0 bridgehead atoms. The standard InChI is InChI=1S/C23H42N2O6S.Na/c1-2-3-4-5-6-7-8-9-10-11-12-13-14-22(28)23-24(17-18-26)15-16-25(23)19-21(27)20-32(29,30)31;/h6-7,21,26-27H,2-5,8-20H2,1H3;/q;+1/b7-6+;. The smallest absolute Gasteiger partial charge is 0.748 e. The van der Waals surface area contributed by atoms with Crippen molar-refractivity contribution in [1.29, 1.82) is 0 Å². The molecule has 0 aromatic rings. The van der Waals surface area contributed by atoms with Crippen LogP contribution >= 0.6 is 0 Å². The second-order valence-corrected chi connectivity index (χ2v) is 10.0. The SMILES string of the molecule is CCCCC/C=C/CCCCCCCC(=O)C1=[N+](CC(O)CS(=O)(=O)[O-])CCN1CCO.[Na+]. The van der Waals surface area contributed by atoms with Crippen LogP contribution in [0.1, 0.15) is 77.6 Å². The summed E-state index contributed by atoms with van der Waals surface area (Å²) in [6.45, 7) is 3.29. The minimum absolute atomic E-state index is 0. The maximum absolute atomic E-state index is 12.8. The van der Waals surface area contributed by atoms with E-state index in [9.17, 15) is 28.0 Å². The second kappa shape index (κ2) is 19.0. The Morgan fingerprint density at radius 2 is 1.73 bits per heavy atom. The number of rotatable bonds is 19. The predicted octanol–water partition coefficient (Wildman–Crippen LogP) is -0.948. The van der Waals surface area contributed by atoms with Crippen molar-refractivity contribution in [2.45, 2.75) is 83.7 Å². The van der Waals surface area contributed by atoms with Crippen molar-refractivity contribution in [3.8, 4) is 0 Å². The number of unbranched alkanes of at least 4 members (excludes halogenated alkanes) is 8. The first-order valence-electron chi connectivity index (χ1n) is 12.1. The first kappa shape index (κ1) is 32.7. The Bertz CT molecular complexity index is 712. The number of Topliss-reactive ketones (excluding diaryl/α,β-unsaturated/α-hetero) is 1. The quantitative estimate of drug-likeness (QED) is 0.0776. The van der Waals surface area contributed by atoms with Crippen LogP contribution in [-0.2, 0) is 14.9 Å². The third kappa shape index (κ3) is 15.3. The van der Waals surface area contributed by atoms with Gasteiger partial charge in [-0.1, -0.05) is 51.2 Å². The van der Waals surface area contributed by atoms with Gasteiger partial charge >= 0.3 is 35.4 Å². The Balaban J connectivity index is 0.0000102. The van der Waals surface area contributed by atoms with Crippen molar-refractivity contribution in [1.82, 2.24) is 4.90 Å². The minimum Gasteiger partial charge on any atom is -0.748 e. The summed E-state index contributed by atoms with van der Waals surface area (Å²) in [6.07, 6.45) is 14.8. The monoisotopic (exact) mass is 497 g/mol. The fourth-order valence-corrected chi connectivity index (χ4v) is 4.58. The maximum Gasteiger partial charge on any atom is 1.00 e. The molecule has 10 heteroatoms. The minimum atomic E-state index is -4.54. The molecule has 0 radical (unpaired) electrons. The average Bonchev–Trinajstić information content (AvgIpc) is 3.09. The van der Waals surface area contributed by atoms with Gasteiger partial charge in [-0.2, -0.15) is 0 Å². The molecule has 0 aromatic heterocycles. The number of ketones is 1. The van der Waals surface area contributed by atoms with Crippen LogP contribution in [0.25, 0.3) is 0 Å². The number of amidine groups is 1. The zero-order chi connectivity index (χ0) is 23.8. The number of carbonyl (C=O) groups is 1. The summed E-state index contributed by atoms with van der Waals surface area (Å²) in [5, 5.41) is 19.2. The van der Waals surface area contributed by atoms with Crippen LogP contribution in [0.15, 0.2) is 12.2 Å². The van der Waals surface area contributed by atoms with Crippen LogP contribution in [0.5, 0.6) is 0 Å². The molecule has 0 amide bonds. The van der Waals surface area contributed by atoms with Crippen molar-refractivity contribution in [3.05, 3.63) is 12.2 Å². The van der Waals surface area contributed by atoms with Gasteiger partial charge in [-0.25, -0.2) is 8.42 Å². The summed E-state index contributed by atoms with van der Waals surface area (Å²) in [5.74, 6) is -0.531. The summed E-state index contributed by atoms with van der Waals surface area (Å²) in [7, 11) is -4.54. The molecule has 0 aliphatic carbocycles. The van der Waals surface area contributed by atoms with Crippen LogP contribution in [0.2, 0.25) is 0 Å². The molecule has 1 unspecified atom stereocenters. The summed E-state index contributed by atoms with van der Waals surface area (Å²) in [5.41, 5.74) is 0. The van der Waals surface area contributed by atoms with E-state index in [1.165, 1.54) is 25.7 Å². The van der Waals surface area contributed by atoms with Gasteiger partial charge in [0.1, 0.15) is 32.3 Å². The predicted molar refractivity (Wildman–Crippen MR) is 125 cm³/mol. The van der Waals surface area contributed by atoms with E-state index < -0.39 is 22.0 Å². The van der Waals surface area contributed by atoms with Crippen molar-refractivity contribution in [2.24, 2.45) is 0 Å². The van der Waals surface area contributed by atoms with E-state index >= 15 is 0 Å². The fourth-order valence-electron chi connectivity index (χ4n) is 4.00. The Morgan fingerprint density at radius 3 is 2.33 bits per heavy atom. The molecule has 2 N–H and O–H groups in total. The number of aliphatic hydroxyl groups excluding tert-OH is 2. The summed E-state index contributed by atoms with van der Waals surface area (Å²) in [4.78, 5) is 14.6. The van der Waals surface area contributed by atoms with Gasteiger partial charge in [-0.15, -0.1) is 0 Å². The number of hydrogen-bond donors (Lipinski definition) is 2. The molecular weight excluding hydrogens is 455 g/mol. The molecule has 1 aliphatic heterocycles. The Hall–Kier alpha value is -0.290. The van der Waals surface area contributed by atoms with Crippen molar-refractivity contribution in [2.75, 3.05) is 38.5 Å². The number of hydrogen-bond acceptors (Lipinski definition) is 7. The van der Waals surface area contributed by atoms with Gasteiger partial charge in [-0.05, 0) is 32.1 Å². The van der Waals surface area contributed by atoms with Crippen molar-refractivity contribution < 1.29 is 62.1 Å². The zero-order valence-electron chi connectivity index (χ0n) is 20.6. The van der Waals surface area contributed by atoms with Gasteiger partial charge in [0.2, 0.25) is 5.78 Å². The zero-order valence-corrected chi connectivity index (χ0v) is 23.4. The largest absolute Gasteiger partial charge is 1.00 e. The van der Waals surface area contributed by atoms with Crippen LogP contribution in [0, 0.1) is 0 Å². The Kier molecular flexibility index (Phi) is 18.8. The van der Waals surface area contributed by atoms with Crippen LogP contribution in [-0.4, -0.2) is 88.9 Å². The average molecular weight is 498 g/mol. The maximum atomic E-state index is 12.8. The van der Waals surface area contributed by atoms with Crippen LogP contribution in [0.4, 0.5) is 0 Å². The van der Waals surface area contributed by atoms with Gasteiger partial charge in [0.05, 0.1) is 22.5 Å². The molecule has 0 fully saturated rings. The number of aliphatic hydroxyl groups is 2. The van der Waals surface area contributed by atoms with E-state index in [0.29, 0.717) is 31.9 Å². The topological polar surface area (TPSA) is 121 Å². The molecule has 0 spiro atoms. The molecular formula is C23H42N2NaO6S+. The van der Waals surface area contributed by atoms with E-state index in [-0.39, 0.29) is 48.5 Å². The van der Waals surface area contributed by atoms with Gasteiger partial charge in [-0.3, -0.25) is 14.3 Å². The van der Waals surface area contributed by atoms with Gasteiger partial charge in [0.25, 0.3) is 0 Å². The van der Waals surface area contributed by atoms with Crippen LogP contribution < -0.4 is 29.6 Å². The normalized spacial score (nSPS) is 15.3. The van der Waals surface area contributed by atoms with E-state index in [0.717, 1.165) is 38.5 Å². The summed E-state index contributed by atoms with van der Waals surface area (Å²) >= 11 is 0. The molecule has 186 valence electrons. The summed E-state index contributed by atoms with van der Waals surface area (Å²) in [6, 6.07) is 0. The van der Waals surface area contributed by atoms with Crippen molar-refractivity contribution in [3.63, 3.8) is 0 Å².